The average molecular weight is 483 g/mol. The molecule has 2 aliphatic heterocycles. The van der Waals surface area contributed by atoms with Gasteiger partial charge in [-0.15, -0.1) is 0 Å². The Kier molecular flexibility index (Phi) is 6.29. The number of carbonyl (C=O) groups excluding carboxylic acids is 1. The number of nitrogens with one attached hydrogen (secondary N) is 1. The van der Waals surface area contributed by atoms with Gasteiger partial charge in [0.25, 0.3) is 0 Å². The maximum atomic E-state index is 13.0. The van der Waals surface area contributed by atoms with E-state index < -0.39 is 11.7 Å². The summed E-state index contributed by atoms with van der Waals surface area (Å²) in [6, 6.07) is 13.8. The van der Waals surface area contributed by atoms with Gasteiger partial charge in [-0.3, -0.25) is 0 Å². The number of halogens is 3. The largest absolute Gasteiger partial charge is 0.416 e. The van der Waals surface area contributed by atoms with Crippen molar-refractivity contribution in [1.82, 2.24) is 14.9 Å². The van der Waals surface area contributed by atoms with Gasteiger partial charge >= 0.3 is 12.2 Å². The zero-order chi connectivity index (χ0) is 24.4. The van der Waals surface area contributed by atoms with Gasteiger partial charge in [0.05, 0.1) is 31.0 Å². The molecule has 2 aromatic carbocycles. The van der Waals surface area contributed by atoms with Crippen molar-refractivity contribution in [1.29, 1.82) is 0 Å². The number of rotatable bonds is 3. The third-order valence-corrected chi connectivity index (χ3v) is 6.13. The molecular weight excluding hydrogens is 459 g/mol. The summed E-state index contributed by atoms with van der Waals surface area (Å²) in [5.41, 5.74) is 2.26. The number of benzene rings is 2. The second-order valence-electron chi connectivity index (χ2n) is 8.44. The number of alkyl halides is 3. The predicted molar refractivity (Wildman–Crippen MR) is 125 cm³/mol. The minimum absolute atomic E-state index is 0.304. The summed E-state index contributed by atoms with van der Waals surface area (Å²) in [5.74, 6) is 1.44. The van der Waals surface area contributed by atoms with E-state index in [0.29, 0.717) is 57.3 Å². The van der Waals surface area contributed by atoms with Crippen LogP contribution in [0.2, 0.25) is 0 Å². The van der Waals surface area contributed by atoms with E-state index in [-0.39, 0.29) is 6.03 Å². The molecule has 1 saturated heterocycles. The van der Waals surface area contributed by atoms with E-state index in [2.05, 4.69) is 10.2 Å². The number of hydrogen-bond acceptors (Lipinski definition) is 5. The zero-order valence-corrected chi connectivity index (χ0v) is 18.9. The minimum atomic E-state index is -4.42. The molecule has 1 aromatic heterocycles. The van der Waals surface area contributed by atoms with E-state index >= 15 is 0 Å². The maximum absolute atomic E-state index is 13.0. The highest BCUT2D eigenvalue weighted by Gasteiger charge is 2.31. The van der Waals surface area contributed by atoms with Crippen molar-refractivity contribution in [2.75, 3.05) is 43.1 Å². The molecule has 3 aromatic rings. The third kappa shape index (κ3) is 5.07. The first-order valence-electron chi connectivity index (χ1n) is 11.4. The molecule has 0 aliphatic carbocycles. The number of anilines is 2. The Morgan fingerprint density at radius 2 is 1.66 bits per heavy atom. The molecule has 0 atom stereocenters. The quantitative estimate of drug-likeness (QED) is 0.590. The van der Waals surface area contributed by atoms with Gasteiger partial charge in [0, 0.05) is 42.9 Å². The van der Waals surface area contributed by atoms with Gasteiger partial charge < -0.3 is 19.9 Å². The molecule has 3 heterocycles. The summed E-state index contributed by atoms with van der Waals surface area (Å²) >= 11 is 0. The Balaban J connectivity index is 1.39. The Morgan fingerprint density at radius 3 is 2.34 bits per heavy atom. The number of fused-ring (bicyclic) bond motifs is 1. The van der Waals surface area contributed by atoms with Crippen molar-refractivity contribution in [3.05, 3.63) is 71.4 Å². The molecule has 1 fully saturated rings. The number of carbonyl (C=O) groups is 1. The highest BCUT2D eigenvalue weighted by atomic mass is 19.4. The van der Waals surface area contributed by atoms with Crippen molar-refractivity contribution in [3.8, 4) is 11.4 Å². The first-order valence-corrected chi connectivity index (χ1v) is 11.4. The lowest BCUT2D eigenvalue weighted by molar-refractivity contribution is -0.137. The first kappa shape index (κ1) is 23.1. The SMILES string of the molecule is O=C(Nc1ccc(C(F)(F)F)cc1)N1CCc2nc(-c3ccccc3)nc(N3CCOCC3)c2C1. The summed E-state index contributed by atoms with van der Waals surface area (Å²) in [6.45, 7) is 3.32. The van der Waals surface area contributed by atoms with Crippen LogP contribution in [0.1, 0.15) is 16.8 Å². The van der Waals surface area contributed by atoms with Crippen molar-refractivity contribution in [2.24, 2.45) is 0 Å². The summed E-state index contributed by atoms with van der Waals surface area (Å²) in [6.07, 6.45) is -3.87. The second-order valence-corrected chi connectivity index (χ2v) is 8.44. The lowest BCUT2D eigenvalue weighted by Gasteiger charge is -2.34. The number of ether oxygens (including phenoxy) is 1. The molecule has 0 spiro atoms. The molecule has 2 amide bonds. The number of morpholine rings is 1. The second kappa shape index (κ2) is 9.53. The summed E-state index contributed by atoms with van der Waals surface area (Å²) in [4.78, 5) is 26.4. The molecule has 0 saturated carbocycles. The minimum Gasteiger partial charge on any atom is -0.378 e. The molecule has 0 bridgehead atoms. The third-order valence-electron chi connectivity index (χ3n) is 6.13. The molecule has 0 unspecified atom stereocenters. The first-order chi connectivity index (χ1) is 16.9. The summed E-state index contributed by atoms with van der Waals surface area (Å²) in [7, 11) is 0. The van der Waals surface area contributed by atoms with Crippen LogP contribution in [0.5, 0.6) is 0 Å². The predicted octanol–water partition coefficient (Wildman–Crippen LogP) is 4.59. The van der Waals surface area contributed by atoms with Crippen LogP contribution in [0.4, 0.5) is 29.5 Å². The van der Waals surface area contributed by atoms with Crippen molar-refractivity contribution < 1.29 is 22.7 Å². The fourth-order valence-electron chi connectivity index (χ4n) is 4.27. The highest BCUT2D eigenvalue weighted by Crippen LogP contribution is 2.32. The standard InChI is InChI=1S/C25H24F3N5O2/c26-25(27,28)18-6-8-19(9-7-18)29-24(34)33-11-10-21-20(16-33)23(32-12-14-35-15-13-32)31-22(30-21)17-4-2-1-3-5-17/h1-9H,10-16H2,(H,29,34). The molecule has 10 heteroatoms. The van der Waals surface area contributed by atoms with Crippen molar-refractivity contribution in [2.45, 2.75) is 19.1 Å². The van der Waals surface area contributed by atoms with E-state index in [1.807, 2.05) is 30.3 Å². The van der Waals surface area contributed by atoms with Gasteiger partial charge in [0.1, 0.15) is 5.82 Å². The van der Waals surface area contributed by atoms with Gasteiger partial charge in [-0.1, -0.05) is 30.3 Å². The fourth-order valence-corrected chi connectivity index (χ4v) is 4.27. The van der Waals surface area contributed by atoms with Crippen molar-refractivity contribution in [3.63, 3.8) is 0 Å². The van der Waals surface area contributed by atoms with Crippen LogP contribution in [-0.2, 0) is 23.9 Å². The zero-order valence-electron chi connectivity index (χ0n) is 18.9. The lowest BCUT2D eigenvalue weighted by atomic mass is 10.0. The Hall–Kier alpha value is -3.66. The highest BCUT2D eigenvalue weighted by molar-refractivity contribution is 5.89. The molecule has 0 radical (unpaired) electrons. The lowest BCUT2D eigenvalue weighted by Crippen LogP contribution is -2.42. The smallest absolute Gasteiger partial charge is 0.378 e. The number of hydrogen-bond donors (Lipinski definition) is 1. The topological polar surface area (TPSA) is 70.6 Å². The van der Waals surface area contributed by atoms with Crippen LogP contribution in [0.3, 0.4) is 0 Å². The van der Waals surface area contributed by atoms with E-state index in [1.165, 1.54) is 12.1 Å². The van der Waals surface area contributed by atoms with Crippen LogP contribution < -0.4 is 10.2 Å². The summed E-state index contributed by atoms with van der Waals surface area (Å²) < 4.78 is 44.0. The van der Waals surface area contributed by atoms with E-state index in [4.69, 9.17) is 14.7 Å². The molecule has 35 heavy (non-hydrogen) atoms. The number of urea groups is 1. The fraction of sp³-hybridized carbons (Fsp3) is 0.320. The Labute approximate surface area is 200 Å². The van der Waals surface area contributed by atoms with E-state index in [1.54, 1.807) is 4.90 Å². The molecule has 7 nitrogen and oxygen atoms in total. The Morgan fingerprint density at radius 1 is 0.943 bits per heavy atom. The molecule has 182 valence electrons. The number of aromatic nitrogens is 2. The van der Waals surface area contributed by atoms with Crippen LogP contribution in [0, 0.1) is 0 Å². The maximum Gasteiger partial charge on any atom is 0.416 e. The monoisotopic (exact) mass is 483 g/mol. The van der Waals surface area contributed by atoms with Gasteiger partial charge in [-0.05, 0) is 24.3 Å². The summed E-state index contributed by atoms with van der Waals surface area (Å²) in [5, 5.41) is 2.70. The van der Waals surface area contributed by atoms with Crippen LogP contribution in [-0.4, -0.2) is 53.7 Å². The molecule has 1 N–H and O–H groups in total. The number of amides is 2. The van der Waals surface area contributed by atoms with Gasteiger partial charge in [0.2, 0.25) is 0 Å². The molecule has 5 rings (SSSR count). The van der Waals surface area contributed by atoms with Gasteiger partial charge in [0.15, 0.2) is 5.82 Å². The van der Waals surface area contributed by atoms with Gasteiger partial charge in [-0.2, -0.15) is 13.2 Å². The molecular formula is C25H24F3N5O2. The van der Waals surface area contributed by atoms with Crippen LogP contribution in [0.15, 0.2) is 54.6 Å². The van der Waals surface area contributed by atoms with E-state index in [0.717, 1.165) is 34.8 Å². The van der Waals surface area contributed by atoms with Crippen molar-refractivity contribution >= 4 is 17.5 Å². The van der Waals surface area contributed by atoms with Crippen LogP contribution in [0.25, 0.3) is 11.4 Å². The van der Waals surface area contributed by atoms with E-state index in [9.17, 15) is 18.0 Å². The van der Waals surface area contributed by atoms with Gasteiger partial charge in [-0.25, -0.2) is 14.8 Å². The Bertz CT molecular complexity index is 1200. The number of nitrogens with zero attached hydrogens (tertiary/aromatic N) is 4. The normalized spacial score (nSPS) is 16.1. The average Bonchev–Trinajstić information content (AvgIpc) is 2.88. The van der Waals surface area contributed by atoms with Crippen LogP contribution >= 0.6 is 0 Å². The molecule has 2 aliphatic rings.